The summed E-state index contributed by atoms with van der Waals surface area (Å²) < 4.78 is 8.88. The number of nitrogens with zero attached hydrogens (tertiary/aromatic N) is 3. The number of halogens is 1. The Labute approximate surface area is 188 Å². The van der Waals surface area contributed by atoms with Crippen molar-refractivity contribution in [3.05, 3.63) is 107 Å². The number of hydrogen-bond donors (Lipinski definition) is 1. The van der Waals surface area contributed by atoms with Crippen LogP contribution in [0, 0.1) is 0 Å². The molecule has 150 valence electrons. The van der Waals surface area contributed by atoms with Gasteiger partial charge in [-0.05, 0) is 72.9 Å². The Hall–Kier alpha value is -2.90. The summed E-state index contributed by atoms with van der Waals surface area (Å²) in [5.41, 5.74) is 3.18. The fraction of sp³-hybridized carbons (Fsp3) is 0.130. The third kappa shape index (κ3) is 3.55. The summed E-state index contributed by atoms with van der Waals surface area (Å²) in [6, 6.07) is 22.2. The number of furan rings is 1. The molecule has 4 heterocycles. The van der Waals surface area contributed by atoms with Gasteiger partial charge in [0.05, 0.1) is 30.6 Å². The van der Waals surface area contributed by atoms with Crippen molar-refractivity contribution in [3.8, 4) is 5.69 Å². The maximum absolute atomic E-state index is 5.75. The quantitative estimate of drug-likeness (QED) is 0.389. The largest absolute Gasteiger partial charge is 0.467 e. The Morgan fingerprint density at radius 1 is 1.03 bits per heavy atom. The maximum atomic E-state index is 5.75. The average Bonchev–Trinajstić information content (AvgIpc) is 3.51. The fourth-order valence-electron chi connectivity index (χ4n) is 3.94. The number of aromatic nitrogens is 2. The zero-order valence-corrected chi connectivity index (χ0v) is 18.4. The van der Waals surface area contributed by atoms with E-state index in [4.69, 9.17) is 16.6 Å². The Balaban J connectivity index is 1.60. The van der Waals surface area contributed by atoms with E-state index in [-0.39, 0.29) is 12.1 Å². The zero-order valence-electron chi connectivity index (χ0n) is 16.0. The second kappa shape index (κ2) is 8.08. The lowest BCUT2D eigenvalue weighted by atomic mass is 10.0. The second-order valence-electron chi connectivity index (χ2n) is 7.11. The van der Waals surface area contributed by atoms with Crippen LogP contribution in [0.5, 0.6) is 0 Å². The molecule has 0 bridgehead atoms. The number of thiocarbonyl (C=S) groups is 1. The van der Waals surface area contributed by atoms with Gasteiger partial charge in [0.2, 0.25) is 0 Å². The summed E-state index contributed by atoms with van der Waals surface area (Å²) in [6.45, 7) is 0.582. The SMILES string of the molecule is S=C1N[C@H](c2ccccn2)[C@@H](c2cccn2-c2ccc(Br)cc2)N1Cc1ccco1. The van der Waals surface area contributed by atoms with E-state index in [2.05, 4.69) is 66.2 Å². The van der Waals surface area contributed by atoms with E-state index in [9.17, 15) is 0 Å². The molecular formula is C23H19BrN4OS. The molecule has 3 aromatic heterocycles. The number of pyridine rings is 1. The van der Waals surface area contributed by atoms with Crippen molar-refractivity contribution in [1.82, 2.24) is 19.8 Å². The van der Waals surface area contributed by atoms with Crippen LogP contribution in [0.3, 0.4) is 0 Å². The molecule has 2 atom stereocenters. The monoisotopic (exact) mass is 478 g/mol. The summed E-state index contributed by atoms with van der Waals surface area (Å²) in [4.78, 5) is 6.79. The molecule has 1 aliphatic heterocycles. The predicted molar refractivity (Wildman–Crippen MR) is 123 cm³/mol. The number of benzene rings is 1. The highest BCUT2D eigenvalue weighted by molar-refractivity contribution is 9.10. The van der Waals surface area contributed by atoms with Gasteiger partial charge >= 0.3 is 0 Å². The molecule has 0 unspecified atom stereocenters. The van der Waals surface area contributed by atoms with Crippen molar-refractivity contribution in [1.29, 1.82) is 0 Å². The van der Waals surface area contributed by atoms with Crippen molar-refractivity contribution >= 4 is 33.3 Å². The summed E-state index contributed by atoms with van der Waals surface area (Å²) in [5.74, 6) is 0.868. The van der Waals surface area contributed by atoms with Gasteiger partial charge in [-0.15, -0.1) is 0 Å². The van der Waals surface area contributed by atoms with Crippen LogP contribution in [0.1, 0.15) is 29.2 Å². The van der Waals surface area contributed by atoms with Crippen LogP contribution < -0.4 is 5.32 Å². The topological polar surface area (TPSA) is 46.2 Å². The third-order valence-electron chi connectivity index (χ3n) is 5.29. The van der Waals surface area contributed by atoms with Gasteiger partial charge in [-0.3, -0.25) is 4.98 Å². The predicted octanol–water partition coefficient (Wildman–Crippen LogP) is 5.40. The van der Waals surface area contributed by atoms with Crippen LogP contribution in [0.25, 0.3) is 5.69 Å². The van der Waals surface area contributed by atoms with Crippen LogP contribution in [0.4, 0.5) is 0 Å². The van der Waals surface area contributed by atoms with Crippen LogP contribution >= 0.6 is 28.1 Å². The molecule has 1 aromatic carbocycles. The van der Waals surface area contributed by atoms with E-state index in [1.165, 1.54) is 0 Å². The molecular weight excluding hydrogens is 460 g/mol. The minimum absolute atomic E-state index is 0.0452. The van der Waals surface area contributed by atoms with Gasteiger partial charge in [0.25, 0.3) is 0 Å². The highest BCUT2D eigenvalue weighted by Gasteiger charge is 2.41. The van der Waals surface area contributed by atoms with E-state index in [0.717, 1.165) is 27.3 Å². The minimum atomic E-state index is -0.0715. The molecule has 5 nitrogen and oxygen atoms in total. The Morgan fingerprint density at radius 2 is 1.90 bits per heavy atom. The Kier molecular flexibility index (Phi) is 5.14. The number of rotatable bonds is 5. The van der Waals surface area contributed by atoms with Crippen molar-refractivity contribution < 1.29 is 4.42 Å². The van der Waals surface area contributed by atoms with Crippen LogP contribution in [0.15, 0.2) is 94.3 Å². The van der Waals surface area contributed by atoms with Crippen LogP contribution in [-0.2, 0) is 6.54 Å². The summed E-state index contributed by atoms with van der Waals surface area (Å²) in [7, 11) is 0. The first-order chi connectivity index (χ1) is 14.7. The first-order valence-electron chi connectivity index (χ1n) is 9.64. The average molecular weight is 479 g/mol. The standard InChI is InChI=1S/C23H19BrN4OS/c24-16-8-10-17(11-9-16)27-13-3-7-20(27)22-21(19-6-1-2-12-25-19)26-23(30)28(22)15-18-5-4-14-29-18/h1-14,21-22H,15H2,(H,26,30)/t21-,22-/m1/s1. The molecule has 1 aliphatic rings. The van der Waals surface area contributed by atoms with E-state index in [0.29, 0.717) is 11.7 Å². The van der Waals surface area contributed by atoms with Gasteiger partial charge in [0, 0.05) is 28.2 Å². The van der Waals surface area contributed by atoms with Gasteiger partial charge in [-0.2, -0.15) is 0 Å². The van der Waals surface area contributed by atoms with Crippen LogP contribution in [-0.4, -0.2) is 19.6 Å². The van der Waals surface area contributed by atoms with Crippen molar-refractivity contribution in [2.45, 2.75) is 18.6 Å². The van der Waals surface area contributed by atoms with Gasteiger partial charge in [-0.25, -0.2) is 0 Å². The molecule has 0 radical (unpaired) electrons. The molecule has 1 N–H and O–H groups in total. The molecule has 7 heteroatoms. The van der Waals surface area contributed by atoms with Crippen molar-refractivity contribution in [2.75, 3.05) is 0 Å². The number of hydrogen-bond acceptors (Lipinski definition) is 3. The van der Waals surface area contributed by atoms with Crippen molar-refractivity contribution in [2.24, 2.45) is 0 Å². The summed E-state index contributed by atoms with van der Waals surface area (Å²) >= 11 is 9.27. The van der Waals surface area contributed by atoms with Gasteiger partial charge in [-0.1, -0.05) is 22.0 Å². The lowest BCUT2D eigenvalue weighted by Gasteiger charge is -2.28. The number of nitrogens with one attached hydrogen (secondary N) is 1. The summed E-state index contributed by atoms with van der Waals surface area (Å²) in [6.07, 6.45) is 5.60. The molecule has 0 spiro atoms. The normalized spacial score (nSPS) is 18.6. The third-order valence-corrected chi connectivity index (χ3v) is 6.17. The molecule has 0 saturated carbocycles. The van der Waals surface area contributed by atoms with Crippen LogP contribution in [0.2, 0.25) is 0 Å². The molecule has 1 saturated heterocycles. The second-order valence-corrected chi connectivity index (χ2v) is 8.42. The molecule has 0 aliphatic carbocycles. The highest BCUT2D eigenvalue weighted by Crippen LogP contribution is 2.40. The first kappa shape index (κ1) is 19.1. The van der Waals surface area contributed by atoms with E-state index in [1.54, 1.807) is 6.26 Å². The van der Waals surface area contributed by atoms with E-state index >= 15 is 0 Å². The molecule has 30 heavy (non-hydrogen) atoms. The van der Waals surface area contributed by atoms with Gasteiger partial charge < -0.3 is 19.2 Å². The lowest BCUT2D eigenvalue weighted by molar-refractivity contribution is 0.280. The first-order valence-corrected chi connectivity index (χ1v) is 10.8. The lowest BCUT2D eigenvalue weighted by Crippen LogP contribution is -2.29. The van der Waals surface area contributed by atoms with E-state index < -0.39 is 0 Å². The molecule has 0 amide bonds. The van der Waals surface area contributed by atoms with E-state index in [1.807, 2.05) is 48.7 Å². The maximum Gasteiger partial charge on any atom is 0.170 e. The molecule has 1 fully saturated rings. The minimum Gasteiger partial charge on any atom is -0.467 e. The molecule has 4 aromatic rings. The van der Waals surface area contributed by atoms with Gasteiger partial charge in [0.1, 0.15) is 5.76 Å². The van der Waals surface area contributed by atoms with Gasteiger partial charge in [0.15, 0.2) is 5.11 Å². The summed E-state index contributed by atoms with van der Waals surface area (Å²) in [5, 5.41) is 4.18. The molecule has 5 rings (SSSR count). The highest BCUT2D eigenvalue weighted by atomic mass is 79.9. The smallest absolute Gasteiger partial charge is 0.170 e. The Bertz CT molecular complexity index is 1140. The Morgan fingerprint density at radius 3 is 2.63 bits per heavy atom. The van der Waals surface area contributed by atoms with Crippen molar-refractivity contribution in [3.63, 3.8) is 0 Å². The fourth-order valence-corrected chi connectivity index (χ4v) is 4.51. The zero-order chi connectivity index (χ0) is 20.5.